The van der Waals surface area contributed by atoms with Gasteiger partial charge < -0.3 is 26.4 Å². The Morgan fingerprint density at radius 3 is 2.73 bits per heavy atom. The van der Waals surface area contributed by atoms with Crippen molar-refractivity contribution in [3.63, 3.8) is 0 Å². The fourth-order valence-corrected chi connectivity index (χ4v) is 3.23. The minimum absolute atomic E-state index is 0.0113. The molecule has 0 radical (unpaired) electrons. The first-order valence-corrected chi connectivity index (χ1v) is 8.52. The summed E-state index contributed by atoms with van der Waals surface area (Å²) in [6.45, 7) is -0.211. The first-order chi connectivity index (χ1) is 12.5. The average Bonchev–Trinajstić information content (AvgIpc) is 2.89. The van der Waals surface area contributed by atoms with Crippen LogP contribution in [0.4, 0.5) is 11.8 Å². The largest absolute Gasteiger partial charge is 0.396 e. The number of pyridine rings is 1. The monoisotopic (exact) mass is 377 g/mol. The molecule has 1 aliphatic carbocycles. The fraction of sp³-hybridized carbons (Fsp3) is 0.353. The van der Waals surface area contributed by atoms with Gasteiger partial charge in [0, 0.05) is 24.9 Å². The summed E-state index contributed by atoms with van der Waals surface area (Å²) in [5, 5.41) is 32.7. The molecule has 6 N–H and O–H groups in total. The molecule has 8 nitrogen and oxygen atoms in total. The summed E-state index contributed by atoms with van der Waals surface area (Å²) in [5.41, 5.74) is 7.06. The van der Waals surface area contributed by atoms with Crippen molar-refractivity contribution in [3.8, 4) is 0 Å². The number of anilines is 2. The van der Waals surface area contributed by atoms with Gasteiger partial charge in [-0.3, -0.25) is 4.98 Å². The molecule has 3 rings (SSSR count). The summed E-state index contributed by atoms with van der Waals surface area (Å²) in [6.07, 6.45) is 5.22. The van der Waals surface area contributed by atoms with E-state index in [2.05, 4.69) is 20.3 Å². The molecule has 9 heteroatoms. The fourth-order valence-electron chi connectivity index (χ4n) is 2.99. The van der Waals surface area contributed by atoms with Crippen LogP contribution < -0.4 is 11.1 Å². The Bertz CT molecular complexity index is 789. The van der Waals surface area contributed by atoms with Crippen molar-refractivity contribution in [2.45, 2.75) is 24.7 Å². The maximum Gasteiger partial charge on any atom is 0.223 e. The number of hydrogen-bond donors (Lipinski definition) is 5. The van der Waals surface area contributed by atoms with Gasteiger partial charge >= 0.3 is 0 Å². The zero-order valence-corrected chi connectivity index (χ0v) is 14.6. The van der Waals surface area contributed by atoms with E-state index in [4.69, 9.17) is 17.3 Å². The third kappa shape index (κ3) is 3.94. The smallest absolute Gasteiger partial charge is 0.223 e. The lowest BCUT2D eigenvalue weighted by atomic mass is 10.1. The van der Waals surface area contributed by atoms with Gasteiger partial charge in [0.15, 0.2) is 0 Å². The molecule has 138 valence electrons. The lowest BCUT2D eigenvalue weighted by molar-refractivity contribution is 0.00445. The number of nitrogens with one attached hydrogen (secondary N) is 1. The molecule has 1 saturated carbocycles. The van der Waals surface area contributed by atoms with E-state index in [-0.39, 0.29) is 17.7 Å². The number of aromatic nitrogens is 3. The maximum absolute atomic E-state index is 10.2. The summed E-state index contributed by atoms with van der Waals surface area (Å²) in [6, 6.07) is 3.19. The summed E-state index contributed by atoms with van der Waals surface area (Å²) in [4.78, 5) is 12.2. The van der Waals surface area contributed by atoms with Crippen LogP contribution in [-0.4, -0.2) is 55.1 Å². The standard InChI is InChI=1S/C17H20ClN5O3/c18-15-11(4-3-9-2-1-5-20-7-9)16(23-17(19)22-15)21-12-6-10(8-24)13(25)14(12)26/h1-5,7,10,12-14,24-26H,6,8H2,(H3,19,21,22,23)/t10-,12-,13-,14+/m1/s1. The first kappa shape index (κ1) is 18.5. The Hall–Kier alpha value is -2.26. The van der Waals surface area contributed by atoms with Crippen molar-refractivity contribution >= 4 is 35.5 Å². The van der Waals surface area contributed by atoms with Crippen LogP contribution in [0.1, 0.15) is 17.5 Å². The Labute approximate surface area is 155 Å². The van der Waals surface area contributed by atoms with Gasteiger partial charge in [-0.1, -0.05) is 23.7 Å². The number of rotatable bonds is 5. The molecule has 1 fully saturated rings. The lowest BCUT2D eigenvalue weighted by Crippen LogP contribution is -2.35. The number of aliphatic hydroxyl groups is 3. The SMILES string of the molecule is Nc1nc(Cl)c(C=Cc2cccnc2)c(N[C@@H]2C[C@H](CO)[C@@H](O)[C@H]2O)n1. The van der Waals surface area contributed by atoms with E-state index in [1.165, 1.54) is 0 Å². The molecule has 4 atom stereocenters. The van der Waals surface area contributed by atoms with E-state index >= 15 is 0 Å². The Balaban J connectivity index is 1.88. The van der Waals surface area contributed by atoms with E-state index in [1.807, 2.05) is 12.1 Å². The van der Waals surface area contributed by atoms with Crippen LogP contribution in [0.2, 0.25) is 5.15 Å². The van der Waals surface area contributed by atoms with Gasteiger partial charge in [-0.15, -0.1) is 0 Å². The van der Waals surface area contributed by atoms with Crippen molar-refractivity contribution in [1.29, 1.82) is 0 Å². The molecule has 0 unspecified atom stereocenters. The highest BCUT2D eigenvalue weighted by molar-refractivity contribution is 6.31. The van der Waals surface area contributed by atoms with E-state index in [1.54, 1.807) is 24.5 Å². The zero-order chi connectivity index (χ0) is 18.7. The van der Waals surface area contributed by atoms with Gasteiger partial charge in [0.25, 0.3) is 0 Å². The Kier molecular flexibility index (Phi) is 5.67. The topological polar surface area (TPSA) is 137 Å². The van der Waals surface area contributed by atoms with Crippen molar-refractivity contribution in [2.24, 2.45) is 5.92 Å². The second kappa shape index (κ2) is 7.96. The number of hydrogen-bond acceptors (Lipinski definition) is 8. The number of halogens is 1. The zero-order valence-electron chi connectivity index (χ0n) is 13.8. The molecule has 0 amide bonds. The van der Waals surface area contributed by atoms with Gasteiger partial charge in [-0.2, -0.15) is 4.98 Å². The van der Waals surface area contributed by atoms with Gasteiger partial charge in [0.05, 0.1) is 17.7 Å². The van der Waals surface area contributed by atoms with Crippen molar-refractivity contribution in [3.05, 3.63) is 40.8 Å². The highest BCUT2D eigenvalue weighted by atomic mass is 35.5. The Morgan fingerprint density at radius 1 is 1.27 bits per heavy atom. The molecular weight excluding hydrogens is 358 g/mol. The highest BCUT2D eigenvalue weighted by Crippen LogP contribution is 2.31. The van der Waals surface area contributed by atoms with Crippen LogP contribution in [0, 0.1) is 5.92 Å². The van der Waals surface area contributed by atoms with E-state index < -0.39 is 24.2 Å². The number of nitrogens with two attached hydrogens (primary N) is 1. The first-order valence-electron chi connectivity index (χ1n) is 8.14. The molecular formula is C17H20ClN5O3. The van der Waals surface area contributed by atoms with E-state index in [0.717, 1.165) is 5.56 Å². The maximum atomic E-state index is 10.2. The van der Waals surface area contributed by atoms with Gasteiger partial charge in [0.1, 0.15) is 17.1 Å². The number of aliphatic hydroxyl groups excluding tert-OH is 3. The molecule has 1 aliphatic rings. The second-order valence-electron chi connectivity index (χ2n) is 6.16. The quantitative estimate of drug-likeness (QED) is 0.482. The Morgan fingerprint density at radius 2 is 2.08 bits per heavy atom. The minimum Gasteiger partial charge on any atom is -0.396 e. The predicted octanol–water partition coefficient (Wildman–Crippen LogP) is 0.792. The minimum atomic E-state index is -1.04. The molecule has 0 aliphatic heterocycles. The van der Waals surface area contributed by atoms with Gasteiger partial charge in [0.2, 0.25) is 5.95 Å². The van der Waals surface area contributed by atoms with Crippen molar-refractivity contribution < 1.29 is 15.3 Å². The van der Waals surface area contributed by atoms with Crippen LogP contribution >= 0.6 is 11.6 Å². The molecule has 2 aromatic heterocycles. The lowest BCUT2D eigenvalue weighted by Gasteiger charge is -2.20. The highest BCUT2D eigenvalue weighted by Gasteiger charge is 2.41. The van der Waals surface area contributed by atoms with E-state index in [0.29, 0.717) is 17.8 Å². The molecule has 0 bridgehead atoms. The normalized spacial score (nSPS) is 25.7. The van der Waals surface area contributed by atoms with Crippen LogP contribution in [0.25, 0.3) is 12.2 Å². The molecule has 26 heavy (non-hydrogen) atoms. The third-order valence-electron chi connectivity index (χ3n) is 4.40. The van der Waals surface area contributed by atoms with E-state index in [9.17, 15) is 15.3 Å². The van der Waals surface area contributed by atoms with Crippen molar-refractivity contribution in [1.82, 2.24) is 15.0 Å². The second-order valence-corrected chi connectivity index (χ2v) is 6.52. The summed E-state index contributed by atoms with van der Waals surface area (Å²) >= 11 is 6.22. The molecule has 2 aromatic rings. The molecule has 0 saturated heterocycles. The summed E-state index contributed by atoms with van der Waals surface area (Å²) < 4.78 is 0. The molecule has 0 spiro atoms. The summed E-state index contributed by atoms with van der Waals surface area (Å²) in [5.74, 6) is -0.0770. The van der Waals surface area contributed by atoms with Crippen molar-refractivity contribution in [2.75, 3.05) is 17.7 Å². The van der Waals surface area contributed by atoms with Crippen LogP contribution in [-0.2, 0) is 0 Å². The molecule has 0 aromatic carbocycles. The van der Waals surface area contributed by atoms with Crippen LogP contribution in [0.5, 0.6) is 0 Å². The predicted molar refractivity (Wildman–Crippen MR) is 99.2 cm³/mol. The van der Waals surface area contributed by atoms with Gasteiger partial charge in [-0.25, -0.2) is 4.98 Å². The van der Waals surface area contributed by atoms with Crippen LogP contribution in [0.3, 0.4) is 0 Å². The van der Waals surface area contributed by atoms with Gasteiger partial charge in [-0.05, 0) is 24.1 Å². The summed E-state index contributed by atoms with van der Waals surface area (Å²) in [7, 11) is 0. The molecule has 2 heterocycles. The average molecular weight is 378 g/mol. The van der Waals surface area contributed by atoms with Crippen LogP contribution in [0.15, 0.2) is 24.5 Å². The number of nitrogen functional groups attached to an aromatic ring is 1. The third-order valence-corrected chi connectivity index (χ3v) is 4.69. The number of nitrogens with zero attached hydrogens (tertiary/aromatic N) is 3.